The Balaban J connectivity index is 2.61. The summed E-state index contributed by atoms with van der Waals surface area (Å²) in [5, 5.41) is 8.52. The molecule has 0 unspecified atom stereocenters. The lowest BCUT2D eigenvalue weighted by Crippen LogP contribution is -2.15. The van der Waals surface area contributed by atoms with E-state index in [4.69, 9.17) is 9.84 Å². The number of benzene rings is 1. The molecular weight excluding hydrogens is 249 g/mol. The first-order valence-electron chi connectivity index (χ1n) is 5.96. The molecule has 0 spiro atoms. The minimum Gasteiger partial charge on any atom is -0.493 e. The van der Waals surface area contributed by atoms with Crippen molar-refractivity contribution < 1.29 is 19.0 Å². The maximum absolute atomic E-state index is 13.3. The molecular formula is C14H18FNO3. The molecule has 0 saturated carbocycles. The predicted octanol–water partition coefficient (Wildman–Crippen LogP) is 2.25. The van der Waals surface area contributed by atoms with Gasteiger partial charge >= 0.3 is 5.97 Å². The molecule has 19 heavy (non-hydrogen) atoms. The second-order valence-corrected chi connectivity index (χ2v) is 4.40. The molecule has 0 aliphatic rings. The molecule has 1 aromatic carbocycles. The van der Waals surface area contributed by atoms with Gasteiger partial charge in [-0.3, -0.25) is 0 Å². The van der Waals surface area contributed by atoms with Gasteiger partial charge in [0.1, 0.15) is 11.6 Å². The molecule has 0 radical (unpaired) electrons. The molecule has 0 bridgehead atoms. The molecule has 1 N–H and O–H groups in total. The quantitative estimate of drug-likeness (QED) is 0.608. The van der Waals surface area contributed by atoms with Crippen LogP contribution in [0.15, 0.2) is 24.3 Å². The molecule has 4 nitrogen and oxygen atoms in total. The fourth-order valence-electron chi connectivity index (χ4n) is 1.50. The SMILES string of the molecule is CN(C)CCCOc1cc(F)cc(/C=C/C(=O)O)c1. The summed E-state index contributed by atoms with van der Waals surface area (Å²) >= 11 is 0. The number of rotatable bonds is 7. The summed E-state index contributed by atoms with van der Waals surface area (Å²) in [6.07, 6.45) is 3.13. The number of carbonyl (C=O) groups is 1. The summed E-state index contributed by atoms with van der Waals surface area (Å²) in [5.41, 5.74) is 0.463. The smallest absolute Gasteiger partial charge is 0.328 e. The van der Waals surface area contributed by atoms with E-state index >= 15 is 0 Å². The van der Waals surface area contributed by atoms with E-state index in [-0.39, 0.29) is 0 Å². The third-order valence-electron chi connectivity index (χ3n) is 2.33. The maximum atomic E-state index is 13.3. The van der Waals surface area contributed by atoms with E-state index in [1.165, 1.54) is 18.2 Å². The van der Waals surface area contributed by atoms with Gasteiger partial charge in [-0.15, -0.1) is 0 Å². The Hall–Kier alpha value is -1.88. The van der Waals surface area contributed by atoms with Gasteiger partial charge in [0, 0.05) is 18.7 Å². The summed E-state index contributed by atoms with van der Waals surface area (Å²) in [5.74, 6) is -1.11. The van der Waals surface area contributed by atoms with Crippen molar-refractivity contribution in [3.8, 4) is 5.75 Å². The fourth-order valence-corrected chi connectivity index (χ4v) is 1.50. The summed E-state index contributed by atoms with van der Waals surface area (Å²) in [7, 11) is 3.94. The molecule has 0 saturated heterocycles. The lowest BCUT2D eigenvalue weighted by molar-refractivity contribution is -0.131. The Morgan fingerprint density at radius 1 is 1.42 bits per heavy atom. The van der Waals surface area contributed by atoms with Crippen molar-refractivity contribution in [1.29, 1.82) is 0 Å². The van der Waals surface area contributed by atoms with Gasteiger partial charge < -0.3 is 14.7 Å². The molecule has 0 fully saturated rings. The van der Waals surface area contributed by atoms with Crippen molar-refractivity contribution in [2.45, 2.75) is 6.42 Å². The molecule has 5 heteroatoms. The first-order chi connectivity index (χ1) is 8.97. The lowest BCUT2D eigenvalue weighted by Gasteiger charge is -2.10. The Bertz CT molecular complexity index is 458. The molecule has 0 aromatic heterocycles. The highest BCUT2D eigenvalue weighted by Gasteiger charge is 2.01. The zero-order chi connectivity index (χ0) is 14.3. The lowest BCUT2D eigenvalue weighted by atomic mass is 10.2. The second kappa shape index (κ2) is 7.53. The van der Waals surface area contributed by atoms with Crippen molar-refractivity contribution in [3.05, 3.63) is 35.7 Å². The van der Waals surface area contributed by atoms with Gasteiger partial charge in [0.05, 0.1) is 6.61 Å². The van der Waals surface area contributed by atoms with Crippen molar-refractivity contribution in [2.75, 3.05) is 27.2 Å². The van der Waals surface area contributed by atoms with Crippen LogP contribution in [0.2, 0.25) is 0 Å². The van der Waals surface area contributed by atoms with Crippen LogP contribution in [0.4, 0.5) is 4.39 Å². The Kier molecular flexibility index (Phi) is 6.02. The molecule has 0 atom stereocenters. The summed E-state index contributed by atoms with van der Waals surface area (Å²) in [4.78, 5) is 12.4. The number of hydrogen-bond donors (Lipinski definition) is 1. The topological polar surface area (TPSA) is 49.8 Å². The number of nitrogens with zero attached hydrogens (tertiary/aromatic N) is 1. The predicted molar refractivity (Wildman–Crippen MR) is 71.7 cm³/mol. The number of halogens is 1. The largest absolute Gasteiger partial charge is 0.493 e. The summed E-state index contributed by atoms with van der Waals surface area (Å²) in [6, 6.07) is 4.15. The van der Waals surface area contributed by atoms with Crippen molar-refractivity contribution in [3.63, 3.8) is 0 Å². The highest BCUT2D eigenvalue weighted by molar-refractivity contribution is 5.85. The summed E-state index contributed by atoms with van der Waals surface area (Å²) in [6.45, 7) is 1.38. The van der Waals surface area contributed by atoms with Crippen LogP contribution in [0.5, 0.6) is 5.75 Å². The van der Waals surface area contributed by atoms with Gasteiger partial charge in [0.25, 0.3) is 0 Å². The maximum Gasteiger partial charge on any atom is 0.328 e. The molecule has 1 rings (SSSR count). The van der Waals surface area contributed by atoms with Crippen molar-refractivity contribution in [1.82, 2.24) is 4.90 Å². The minimum atomic E-state index is -1.07. The van der Waals surface area contributed by atoms with Crippen LogP contribution in [0.1, 0.15) is 12.0 Å². The van der Waals surface area contributed by atoms with Crippen molar-refractivity contribution >= 4 is 12.0 Å². The van der Waals surface area contributed by atoms with E-state index in [0.29, 0.717) is 17.9 Å². The van der Waals surface area contributed by atoms with Gasteiger partial charge in [0.2, 0.25) is 0 Å². The van der Waals surface area contributed by atoms with Crippen LogP contribution in [-0.2, 0) is 4.79 Å². The van der Waals surface area contributed by atoms with E-state index in [0.717, 1.165) is 19.0 Å². The first-order valence-corrected chi connectivity index (χ1v) is 5.96. The Labute approximate surface area is 112 Å². The molecule has 1 aromatic rings. The number of hydrogen-bond acceptors (Lipinski definition) is 3. The van der Waals surface area contributed by atoms with E-state index < -0.39 is 11.8 Å². The van der Waals surface area contributed by atoms with E-state index in [1.54, 1.807) is 6.07 Å². The van der Waals surface area contributed by atoms with Crippen LogP contribution >= 0.6 is 0 Å². The highest BCUT2D eigenvalue weighted by atomic mass is 19.1. The van der Waals surface area contributed by atoms with Gasteiger partial charge in [0.15, 0.2) is 0 Å². The third kappa shape index (κ3) is 6.57. The average Bonchev–Trinajstić information content (AvgIpc) is 2.31. The van der Waals surface area contributed by atoms with Crippen molar-refractivity contribution in [2.24, 2.45) is 0 Å². The minimum absolute atomic E-state index is 0.406. The molecule has 0 aliphatic heterocycles. The second-order valence-electron chi connectivity index (χ2n) is 4.40. The summed E-state index contributed by atoms with van der Waals surface area (Å²) < 4.78 is 18.8. The highest BCUT2D eigenvalue weighted by Crippen LogP contribution is 2.17. The number of carboxylic acids is 1. The normalized spacial score (nSPS) is 11.2. The number of carboxylic acid groups (broad SMARTS) is 1. The molecule has 0 amide bonds. The first kappa shape index (κ1) is 15.2. The Morgan fingerprint density at radius 2 is 2.16 bits per heavy atom. The van der Waals surface area contributed by atoms with Crippen LogP contribution in [0.3, 0.4) is 0 Å². The van der Waals surface area contributed by atoms with Crippen LogP contribution in [0, 0.1) is 5.82 Å². The number of aliphatic carboxylic acids is 1. The van der Waals surface area contributed by atoms with Crippen LogP contribution < -0.4 is 4.74 Å². The third-order valence-corrected chi connectivity index (χ3v) is 2.33. The monoisotopic (exact) mass is 267 g/mol. The van der Waals surface area contributed by atoms with Gasteiger partial charge in [-0.25, -0.2) is 9.18 Å². The van der Waals surface area contributed by atoms with Gasteiger partial charge in [-0.05, 0) is 44.3 Å². The zero-order valence-electron chi connectivity index (χ0n) is 11.1. The molecule has 0 heterocycles. The number of ether oxygens (including phenoxy) is 1. The average molecular weight is 267 g/mol. The Morgan fingerprint density at radius 3 is 2.79 bits per heavy atom. The van der Waals surface area contributed by atoms with Gasteiger partial charge in [-0.1, -0.05) is 0 Å². The van der Waals surface area contributed by atoms with E-state index in [9.17, 15) is 9.18 Å². The van der Waals surface area contributed by atoms with E-state index in [1.807, 2.05) is 19.0 Å². The fraction of sp³-hybridized carbons (Fsp3) is 0.357. The van der Waals surface area contributed by atoms with Gasteiger partial charge in [-0.2, -0.15) is 0 Å². The van der Waals surface area contributed by atoms with E-state index in [2.05, 4.69) is 0 Å². The zero-order valence-corrected chi connectivity index (χ0v) is 11.1. The molecule has 104 valence electrons. The van der Waals surface area contributed by atoms with Crippen LogP contribution in [0.25, 0.3) is 6.08 Å². The molecule has 0 aliphatic carbocycles. The van der Waals surface area contributed by atoms with Crippen LogP contribution in [-0.4, -0.2) is 43.2 Å². The standard InChI is InChI=1S/C14H18FNO3/c1-16(2)6-3-7-19-13-9-11(4-5-14(17)18)8-12(15)10-13/h4-5,8-10H,3,6-7H2,1-2H3,(H,17,18)/b5-4+.